The molecule has 176 valence electrons. The predicted molar refractivity (Wildman–Crippen MR) is 142 cm³/mol. The lowest BCUT2D eigenvalue weighted by molar-refractivity contribution is -0.128. The van der Waals surface area contributed by atoms with Crippen LogP contribution >= 0.6 is 27.3 Å². The second kappa shape index (κ2) is 9.11. The summed E-state index contributed by atoms with van der Waals surface area (Å²) in [6.07, 6.45) is 3.10. The van der Waals surface area contributed by atoms with Gasteiger partial charge >= 0.3 is 0 Å². The maximum Gasteiger partial charge on any atom is 0.250 e. The Morgan fingerprint density at radius 2 is 2.06 bits per heavy atom. The molecular weight excluding hydrogens is 524 g/mol. The van der Waals surface area contributed by atoms with E-state index in [2.05, 4.69) is 57.5 Å². The number of nitrogens with zero attached hydrogens (tertiary/aromatic N) is 3. The van der Waals surface area contributed by atoms with E-state index in [1.807, 2.05) is 45.4 Å². The van der Waals surface area contributed by atoms with Crippen LogP contribution in [-0.4, -0.2) is 33.7 Å². The number of anilines is 1. The Labute approximate surface area is 216 Å². The van der Waals surface area contributed by atoms with E-state index in [0.29, 0.717) is 6.54 Å². The Kier molecular flexibility index (Phi) is 5.80. The molecule has 0 radical (unpaired) electrons. The summed E-state index contributed by atoms with van der Waals surface area (Å²) in [6.45, 7) is 4.68. The van der Waals surface area contributed by atoms with Gasteiger partial charge in [0.05, 0.1) is 5.69 Å². The smallest absolute Gasteiger partial charge is 0.250 e. The van der Waals surface area contributed by atoms with Crippen molar-refractivity contribution in [3.05, 3.63) is 98.9 Å². The first kappa shape index (κ1) is 22.3. The maximum atomic E-state index is 12.9. The van der Waals surface area contributed by atoms with E-state index in [1.54, 1.807) is 11.3 Å². The van der Waals surface area contributed by atoms with Crippen molar-refractivity contribution in [1.29, 1.82) is 0 Å². The van der Waals surface area contributed by atoms with Gasteiger partial charge in [-0.15, -0.1) is 0 Å². The van der Waals surface area contributed by atoms with E-state index in [0.717, 1.165) is 51.2 Å². The summed E-state index contributed by atoms with van der Waals surface area (Å²) in [4.78, 5) is 14.7. The van der Waals surface area contributed by atoms with Crippen LogP contribution in [0, 0.1) is 0 Å². The van der Waals surface area contributed by atoms with Crippen LogP contribution in [0.2, 0.25) is 0 Å². The first-order chi connectivity index (χ1) is 17.0. The molecule has 6 nitrogen and oxygen atoms in total. The van der Waals surface area contributed by atoms with Crippen LogP contribution in [0.1, 0.15) is 22.9 Å². The molecule has 1 amide bonds. The van der Waals surface area contributed by atoms with Gasteiger partial charge in [-0.25, -0.2) is 4.68 Å². The number of hydrogen-bond acceptors (Lipinski definition) is 5. The Bertz CT molecular complexity index is 1410. The summed E-state index contributed by atoms with van der Waals surface area (Å²) in [5, 5.41) is 12.3. The number of carbonyl (C=O) groups excluding carboxylic acids is 1. The second-order valence-electron chi connectivity index (χ2n) is 8.76. The number of aromatic nitrogens is 2. The Balaban J connectivity index is 1.30. The number of halogens is 1. The van der Waals surface area contributed by atoms with Gasteiger partial charge in [0.1, 0.15) is 12.3 Å². The zero-order valence-corrected chi connectivity index (χ0v) is 21.3. The third-order valence-corrected chi connectivity index (χ3v) is 7.60. The van der Waals surface area contributed by atoms with Crippen molar-refractivity contribution in [2.24, 2.45) is 0 Å². The van der Waals surface area contributed by atoms with E-state index in [1.165, 1.54) is 11.1 Å². The normalized spacial score (nSPS) is 17.2. The zero-order valence-electron chi connectivity index (χ0n) is 18.9. The molecule has 0 aliphatic carbocycles. The molecule has 0 spiro atoms. The van der Waals surface area contributed by atoms with Crippen LogP contribution in [0.15, 0.2) is 82.2 Å². The van der Waals surface area contributed by atoms with Crippen LogP contribution in [0.3, 0.4) is 0 Å². The van der Waals surface area contributed by atoms with Gasteiger partial charge in [0.15, 0.2) is 6.23 Å². The fourth-order valence-corrected chi connectivity index (χ4v) is 5.56. The summed E-state index contributed by atoms with van der Waals surface area (Å²) in [5.41, 5.74) is 8.29. The average Bonchev–Trinajstić information content (AvgIpc) is 3.63. The predicted octanol–water partition coefficient (Wildman–Crippen LogP) is 5.95. The molecule has 2 aliphatic heterocycles. The first-order valence-electron chi connectivity index (χ1n) is 11.4. The van der Waals surface area contributed by atoms with E-state index in [4.69, 9.17) is 9.84 Å². The molecule has 2 aromatic heterocycles. The van der Waals surface area contributed by atoms with Crippen molar-refractivity contribution in [3.8, 4) is 16.9 Å². The monoisotopic (exact) mass is 546 g/mol. The molecule has 2 aromatic carbocycles. The van der Waals surface area contributed by atoms with Gasteiger partial charge in [0.25, 0.3) is 5.91 Å². The van der Waals surface area contributed by atoms with Crippen molar-refractivity contribution in [3.63, 3.8) is 0 Å². The SMILES string of the molecule is C=C1Cc2cc(CCN3C(=O)COC3c3cn(-c4ccc(Br)cc4)nc3-c3ccsc3)ccc2N1. The van der Waals surface area contributed by atoms with Gasteiger partial charge in [-0.1, -0.05) is 34.6 Å². The minimum atomic E-state index is -0.475. The minimum Gasteiger partial charge on any atom is -0.359 e. The largest absolute Gasteiger partial charge is 0.359 e. The van der Waals surface area contributed by atoms with Crippen molar-refractivity contribution < 1.29 is 9.53 Å². The van der Waals surface area contributed by atoms with Crippen molar-refractivity contribution in [1.82, 2.24) is 14.7 Å². The average molecular weight is 547 g/mol. The summed E-state index contributed by atoms with van der Waals surface area (Å²) < 4.78 is 8.91. The van der Waals surface area contributed by atoms with Crippen LogP contribution in [0.4, 0.5) is 5.69 Å². The zero-order chi connectivity index (χ0) is 23.9. The van der Waals surface area contributed by atoms with Gasteiger partial charge in [-0.2, -0.15) is 16.4 Å². The fraction of sp³-hybridized carbons (Fsp3) is 0.185. The summed E-state index contributed by atoms with van der Waals surface area (Å²) in [7, 11) is 0. The number of amides is 1. The minimum absolute atomic E-state index is 0.00105. The number of benzene rings is 2. The van der Waals surface area contributed by atoms with Gasteiger partial charge in [-0.05, 0) is 59.3 Å². The second-order valence-corrected chi connectivity index (χ2v) is 10.5. The summed E-state index contributed by atoms with van der Waals surface area (Å²) in [6, 6.07) is 16.5. The maximum absolute atomic E-state index is 12.9. The molecule has 2 aliphatic rings. The highest BCUT2D eigenvalue weighted by Gasteiger charge is 2.36. The van der Waals surface area contributed by atoms with E-state index in [9.17, 15) is 4.79 Å². The topological polar surface area (TPSA) is 59.4 Å². The lowest BCUT2D eigenvalue weighted by atomic mass is 10.0. The number of rotatable bonds is 6. The molecule has 0 bridgehead atoms. The van der Waals surface area contributed by atoms with Crippen LogP contribution < -0.4 is 5.32 Å². The highest BCUT2D eigenvalue weighted by molar-refractivity contribution is 9.10. The van der Waals surface area contributed by atoms with Gasteiger partial charge in [0, 0.05) is 51.5 Å². The van der Waals surface area contributed by atoms with Crippen LogP contribution in [0.25, 0.3) is 16.9 Å². The van der Waals surface area contributed by atoms with Gasteiger partial charge in [-0.3, -0.25) is 4.79 Å². The van der Waals surface area contributed by atoms with Crippen molar-refractivity contribution in [2.45, 2.75) is 19.1 Å². The number of carbonyl (C=O) groups is 1. The highest BCUT2D eigenvalue weighted by atomic mass is 79.9. The van der Waals surface area contributed by atoms with E-state index >= 15 is 0 Å². The molecule has 0 saturated carbocycles. The quantitative estimate of drug-likeness (QED) is 0.325. The summed E-state index contributed by atoms with van der Waals surface area (Å²) in [5.74, 6) is -0.00105. The standard InChI is InChI=1S/C27H23BrN4O2S/c1-17-12-20-13-18(2-7-24(20)29-17)8-10-31-25(33)15-34-27(31)23-14-32(22-5-3-21(28)4-6-22)30-26(23)19-9-11-35-16-19/h2-7,9,11,13-14,16,27,29H,1,8,10,12,15H2. The molecule has 4 heterocycles. The molecule has 1 fully saturated rings. The number of hydrogen-bond donors (Lipinski definition) is 1. The lowest BCUT2D eigenvalue weighted by Crippen LogP contribution is -2.30. The van der Waals surface area contributed by atoms with Crippen LogP contribution in [-0.2, 0) is 22.4 Å². The lowest BCUT2D eigenvalue weighted by Gasteiger charge is -2.23. The fourth-order valence-electron chi connectivity index (χ4n) is 4.66. The Morgan fingerprint density at radius 3 is 2.86 bits per heavy atom. The molecule has 4 aromatic rings. The number of fused-ring (bicyclic) bond motifs is 1. The molecule has 35 heavy (non-hydrogen) atoms. The van der Waals surface area contributed by atoms with Crippen LogP contribution in [0.5, 0.6) is 0 Å². The molecule has 1 saturated heterocycles. The molecule has 6 rings (SSSR count). The van der Waals surface area contributed by atoms with Gasteiger partial charge < -0.3 is 15.0 Å². The first-order valence-corrected chi connectivity index (χ1v) is 13.1. The molecule has 8 heteroatoms. The van der Waals surface area contributed by atoms with Crippen molar-refractivity contribution >= 4 is 38.9 Å². The third kappa shape index (κ3) is 4.33. The van der Waals surface area contributed by atoms with E-state index in [-0.39, 0.29) is 12.5 Å². The number of thiophene rings is 1. The molecule has 1 atom stereocenters. The van der Waals surface area contributed by atoms with E-state index < -0.39 is 6.23 Å². The number of nitrogens with one attached hydrogen (secondary N) is 1. The Hall–Kier alpha value is -3.20. The van der Waals surface area contributed by atoms with Gasteiger partial charge in [0.2, 0.25) is 0 Å². The highest BCUT2D eigenvalue weighted by Crippen LogP contribution is 2.36. The van der Waals surface area contributed by atoms with Crippen molar-refractivity contribution in [2.75, 3.05) is 18.5 Å². The summed E-state index contributed by atoms with van der Waals surface area (Å²) >= 11 is 5.12. The third-order valence-electron chi connectivity index (χ3n) is 6.39. The number of allylic oxidation sites excluding steroid dienone is 1. The number of ether oxygens (including phenoxy) is 1. The molecule has 1 N–H and O–H groups in total. The Morgan fingerprint density at radius 1 is 1.20 bits per heavy atom. The molecular formula is C27H23BrN4O2S. The molecule has 1 unspecified atom stereocenters.